The summed E-state index contributed by atoms with van der Waals surface area (Å²) >= 11 is -4.05. The molecule has 1 aliphatic carbocycles. The van der Waals surface area contributed by atoms with Gasteiger partial charge in [-0.1, -0.05) is 0 Å². The number of halogens is 2. The topological polar surface area (TPSA) is 0 Å². The summed E-state index contributed by atoms with van der Waals surface area (Å²) in [4.78, 5) is 0. The maximum atomic E-state index is 7.96. The van der Waals surface area contributed by atoms with Crippen molar-refractivity contribution >= 4 is 46.3 Å². The van der Waals surface area contributed by atoms with Gasteiger partial charge in [0.1, 0.15) is 0 Å². The Balaban J connectivity index is 1.59. The van der Waals surface area contributed by atoms with Crippen LogP contribution < -0.4 is 13.6 Å². The SMILES string of the molecule is CCCc1ccc2c(c1-c1ccccc1C(C)C)C=C(C(C)(C)C)[CH]2[Zr]([Cl])([Cl])[c]1cccc2c1[SiH2]c1ccccc1-2. The van der Waals surface area contributed by atoms with Crippen LogP contribution in [0.3, 0.4) is 0 Å². The second kappa shape index (κ2) is 11.1. The first-order valence-corrected chi connectivity index (χ1v) is 25.5. The van der Waals surface area contributed by atoms with Crippen molar-refractivity contribution in [3.8, 4) is 22.3 Å². The molecule has 0 aromatic heterocycles. The van der Waals surface area contributed by atoms with E-state index in [9.17, 15) is 0 Å². The van der Waals surface area contributed by atoms with Gasteiger partial charge in [0, 0.05) is 0 Å². The molecule has 0 amide bonds. The molecular weight excluding hydrogens is 635 g/mol. The fraction of sp³-hybridized carbons (Fsp3) is 0.297. The number of fused-ring (bicyclic) bond motifs is 4. The van der Waals surface area contributed by atoms with E-state index in [1.165, 1.54) is 63.7 Å². The fourth-order valence-corrected chi connectivity index (χ4v) is 24.3. The molecule has 210 valence electrons. The summed E-state index contributed by atoms with van der Waals surface area (Å²) in [7, 11) is 15.3. The summed E-state index contributed by atoms with van der Waals surface area (Å²) in [6.45, 7) is 13.9. The normalized spacial score (nSPS) is 16.6. The van der Waals surface area contributed by atoms with Crippen LogP contribution in [-0.2, 0) is 24.3 Å². The monoisotopic (exact) mass is 672 g/mol. The van der Waals surface area contributed by atoms with Crippen molar-refractivity contribution in [1.29, 1.82) is 0 Å². The molecule has 0 saturated heterocycles. The Labute approximate surface area is 260 Å². The van der Waals surface area contributed by atoms with Gasteiger partial charge in [-0.2, -0.15) is 0 Å². The Bertz CT molecular complexity index is 1680. The zero-order valence-corrected chi connectivity index (χ0v) is 30.5. The van der Waals surface area contributed by atoms with Crippen LogP contribution in [-0.4, -0.2) is 9.52 Å². The van der Waals surface area contributed by atoms with Crippen LogP contribution >= 0.6 is 17.0 Å². The Kier molecular flexibility index (Phi) is 7.95. The summed E-state index contributed by atoms with van der Waals surface area (Å²) in [5.74, 6) is 0.442. The van der Waals surface area contributed by atoms with Crippen molar-refractivity contribution < 1.29 is 17.9 Å². The van der Waals surface area contributed by atoms with E-state index in [0.29, 0.717) is 5.92 Å². The fourth-order valence-electron chi connectivity index (χ4n) is 7.18. The minimum atomic E-state index is -4.05. The van der Waals surface area contributed by atoms with E-state index < -0.39 is 27.4 Å². The van der Waals surface area contributed by atoms with Gasteiger partial charge in [-0.15, -0.1) is 0 Å². The van der Waals surface area contributed by atoms with Crippen LogP contribution in [0.25, 0.3) is 28.3 Å². The second-order valence-electron chi connectivity index (χ2n) is 13.2. The molecule has 1 unspecified atom stereocenters. The van der Waals surface area contributed by atoms with Crippen molar-refractivity contribution in [2.45, 2.75) is 63.9 Å². The van der Waals surface area contributed by atoms with Gasteiger partial charge in [-0.25, -0.2) is 0 Å². The van der Waals surface area contributed by atoms with E-state index >= 15 is 0 Å². The van der Waals surface area contributed by atoms with Gasteiger partial charge in [-0.05, 0) is 0 Å². The Morgan fingerprint density at radius 1 is 0.829 bits per heavy atom. The quantitative estimate of drug-likeness (QED) is 0.158. The van der Waals surface area contributed by atoms with Crippen molar-refractivity contribution in [1.82, 2.24) is 0 Å². The summed E-state index contributed by atoms with van der Waals surface area (Å²) < 4.78 is 1.38. The van der Waals surface area contributed by atoms with Gasteiger partial charge < -0.3 is 0 Å². The molecule has 6 rings (SSSR count). The van der Waals surface area contributed by atoms with E-state index in [1.807, 2.05) is 0 Å². The molecule has 1 atom stereocenters. The maximum absolute atomic E-state index is 7.96. The molecule has 1 aliphatic heterocycles. The summed E-state index contributed by atoms with van der Waals surface area (Å²) in [6, 6.07) is 29.5. The molecule has 0 bridgehead atoms. The van der Waals surface area contributed by atoms with E-state index in [1.54, 1.807) is 0 Å². The Morgan fingerprint density at radius 2 is 1.51 bits per heavy atom. The number of rotatable bonds is 6. The van der Waals surface area contributed by atoms with E-state index in [2.05, 4.69) is 126 Å². The first kappa shape index (κ1) is 29.4. The first-order valence-electron chi connectivity index (χ1n) is 15.1. The predicted octanol–water partition coefficient (Wildman–Crippen LogP) is 8.80. The Hall–Kier alpha value is -1.70. The zero-order valence-electron chi connectivity index (χ0n) is 25.1. The summed E-state index contributed by atoms with van der Waals surface area (Å²) in [5, 5.41) is 3.00. The molecule has 0 fully saturated rings. The van der Waals surface area contributed by atoms with Gasteiger partial charge in [-0.3, -0.25) is 0 Å². The molecule has 41 heavy (non-hydrogen) atoms. The number of allylic oxidation sites excluding steroid dienone is 1. The van der Waals surface area contributed by atoms with Gasteiger partial charge in [0.15, 0.2) is 0 Å². The van der Waals surface area contributed by atoms with Crippen LogP contribution in [0.2, 0.25) is 0 Å². The van der Waals surface area contributed by atoms with E-state index in [4.69, 9.17) is 17.0 Å². The molecular formula is C37H40Cl2SiZr. The van der Waals surface area contributed by atoms with Crippen molar-refractivity contribution in [2.75, 3.05) is 0 Å². The van der Waals surface area contributed by atoms with Crippen LogP contribution in [0.15, 0.2) is 84.4 Å². The van der Waals surface area contributed by atoms with Crippen LogP contribution in [0, 0.1) is 5.41 Å². The summed E-state index contributed by atoms with van der Waals surface area (Å²) in [6.07, 6.45) is 4.67. The standard InChI is InChI=1S/C25H31.C12H9Si.2ClH.Zr/c1-7-10-18-13-14-19-15-20(25(4,5)6)16-23(19)24(18)22-12-9-8-11-21(22)17(2)3;1-3-7-11-9(5-1)10-6-2-4-8-12(10)13-11;;;/h8-9,11-17H,7,10H2,1-6H3;1-7H,13H2;2*1H;/q;;;;+2/p-2. The van der Waals surface area contributed by atoms with E-state index in [-0.39, 0.29) is 9.04 Å². The average Bonchev–Trinajstić information content (AvgIpc) is 3.52. The van der Waals surface area contributed by atoms with Gasteiger partial charge >= 0.3 is 262 Å². The molecule has 4 aromatic rings. The van der Waals surface area contributed by atoms with Crippen LogP contribution in [0.5, 0.6) is 0 Å². The third-order valence-corrected chi connectivity index (χ3v) is 23.3. The van der Waals surface area contributed by atoms with E-state index in [0.717, 1.165) is 12.8 Å². The molecule has 0 saturated carbocycles. The molecule has 0 N–H and O–H groups in total. The number of benzene rings is 4. The third kappa shape index (κ3) is 5.02. The summed E-state index contributed by atoms with van der Waals surface area (Å²) in [5.41, 5.74) is 12.4. The molecule has 4 aromatic carbocycles. The second-order valence-corrected chi connectivity index (χ2v) is 29.0. The molecule has 2 aliphatic rings. The Morgan fingerprint density at radius 3 is 2.22 bits per heavy atom. The van der Waals surface area contributed by atoms with Crippen LogP contribution in [0.4, 0.5) is 0 Å². The van der Waals surface area contributed by atoms with Crippen molar-refractivity contribution in [3.05, 3.63) is 107 Å². The zero-order chi connectivity index (χ0) is 29.1. The first-order chi connectivity index (χ1) is 19.5. The minimum absolute atomic E-state index is 0.0479. The molecule has 0 radical (unpaired) electrons. The number of aryl methyl sites for hydroxylation is 1. The van der Waals surface area contributed by atoms with Gasteiger partial charge in [0.05, 0.1) is 0 Å². The third-order valence-electron chi connectivity index (χ3n) is 9.10. The molecule has 4 heteroatoms. The van der Waals surface area contributed by atoms with Gasteiger partial charge in [0.25, 0.3) is 0 Å². The predicted molar refractivity (Wildman–Crippen MR) is 181 cm³/mol. The van der Waals surface area contributed by atoms with Crippen molar-refractivity contribution in [3.63, 3.8) is 0 Å². The number of hydrogen-bond acceptors (Lipinski definition) is 0. The molecule has 0 spiro atoms. The molecule has 0 nitrogen and oxygen atoms in total. The van der Waals surface area contributed by atoms with Crippen LogP contribution in [0.1, 0.15) is 79.8 Å². The van der Waals surface area contributed by atoms with Crippen molar-refractivity contribution in [2.24, 2.45) is 5.41 Å². The van der Waals surface area contributed by atoms with Gasteiger partial charge in [0.2, 0.25) is 0 Å². The number of hydrogen-bond donors (Lipinski definition) is 0. The molecule has 1 heterocycles. The average molecular weight is 675 g/mol.